The molecule has 1 heterocycles. The van der Waals surface area contributed by atoms with Crippen LogP contribution in [0.25, 0.3) is 0 Å². The van der Waals surface area contributed by atoms with Crippen molar-refractivity contribution in [2.45, 2.75) is 45.6 Å². The molecule has 1 unspecified atom stereocenters. The van der Waals surface area contributed by atoms with Crippen LogP contribution in [0, 0.1) is 0 Å². The van der Waals surface area contributed by atoms with Gasteiger partial charge in [0.15, 0.2) is 0 Å². The van der Waals surface area contributed by atoms with Gasteiger partial charge in [-0.3, -0.25) is 4.90 Å². The number of alkyl carbamates (subject to hydrolysis) is 1. The second kappa shape index (κ2) is 11.9. The Labute approximate surface area is 190 Å². The maximum atomic E-state index is 11.4. The lowest BCUT2D eigenvalue weighted by molar-refractivity contribution is 0.0517. The standard InChI is InChI=1S/C23H38N4O5/c1-5-31-22(30)25-9-8-17-6-7-20(19(14-17)23(2,3)4)32-16-18(28)15-26-10-12-27(13-11-26)21(24)29/h6-7,14,18,28H,5,8-13,15-16H2,1-4H3,(H2,24,29)(H,25,30). The SMILES string of the molecule is CCOC(=O)NCCc1ccc(OCC(O)CN2CCN(C(N)=O)CC2)c(C(C)(C)C)c1. The Balaban J connectivity index is 1.90. The minimum atomic E-state index is -0.642. The Hall–Kier alpha value is -2.52. The minimum absolute atomic E-state index is 0.143. The van der Waals surface area contributed by atoms with Crippen molar-refractivity contribution in [1.29, 1.82) is 0 Å². The fourth-order valence-corrected chi connectivity index (χ4v) is 3.62. The lowest BCUT2D eigenvalue weighted by atomic mass is 9.85. The lowest BCUT2D eigenvalue weighted by Gasteiger charge is -2.34. The average molecular weight is 451 g/mol. The Morgan fingerprint density at radius 3 is 2.50 bits per heavy atom. The number of urea groups is 1. The Kier molecular flexibility index (Phi) is 9.59. The van der Waals surface area contributed by atoms with Gasteiger partial charge < -0.3 is 30.5 Å². The molecule has 1 saturated heterocycles. The minimum Gasteiger partial charge on any atom is -0.491 e. The second-order valence-corrected chi connectivity index (χ2v) is 9.07. The molecule has 1 atom stereocenters. The van der Waals surface area contributed by atoms with Gasteiger partial charge >= 0.3 is 12.1 Å². The number of nitrogens with one attached hydrogen (secondary N) is 1. The lowest BCUT2D eigenvalue weighted by Crippen LogP contribution is -2.52. The Morgan fingerprint density at radius 1 is 1.22 bits per heavy atom. The molecule has 2 rings (SSSR count). The van der Waals surface area contributed by atoms with Gasteiger partial charge in [-0.05, 0) is 36.0 Å². The van der Waals surface area contributed by atoms with Crippen LogP contribution < -0.4 is 15.8 Å². The van der Waals surface area contributed by atoms with Gasteiger partial charge in [-0.15, -0.1) is 0 Å². The summed E-state index contributed by atoms with van der Waals surface area (Å²) in [5, 5.41) is 13.2. The van der Waals surface area contributed by atoms with Crippen LogP contribution in [0.3, 0.4) is 0 Å². The van der Waals surface area contributed by atoms with E-state index in [2.05, 4.69) is 37.1 Å². The third kappa shape index (κ3) is 8.20. The molecule has 0 bridgehead atoms. The van der Waals surface area contributed by atoms with Crippen LogP contribution in [0.2, 0.25) is 0 Å². The number of ether oxygens (including phenoxy) is 2. The number of nitrogens with zero attached hydrogens (tertiary/aromatic N) is 2. The predicted molar refractivity (Wildman–Crippen MR) is 123 cm³/mol. The summed E-state index contributed by atoms with van der Waals surface area (Å²) >= 11 is 0. The maximum Gasteiger partial charge on any atom is 0.407 e. The highest BCUT2D eigenvalue weighted by atomic mass is 16.5. The normalized spacial score (nSPS) is 15.8. The number of primary amides is 1. The highest BCUT2D eigenvalue weighted by molar-refractivity contribution is 5.72. The molecule has 1 aliphatic rings. The number of benzene rings is 1. The molecule has 1 aromatic carbocycles. The van der Waals surface area contributed by atoms with Crippen LogP contribution in [0.1, 0.15) is 38.8 Å². The van der Waals surface area contributed by atoms with Crippen molar-refractivity contribution < 1.29 is 24.2 Å². The quantitative estimate of drug-likeness (QED) is 0.527. The van der Waals surface area contributed by atoms with Crippen LogP contribution in [0.5, 0.6) is 5.75 Å². The number of carbonyl (C=O) groups is 2. The molecule has 180 valence electrons. The molecule has 1 aliphatic heterocycles. The van der Waals surface area contributed by atoms with E-state index in [9.17, 15) is 14.7 Å². The van der Waals surface area contributed by atoms with E-state index < -0.39 is 18.2 Å². The summed E-state index contributed by atoms with van der Waals surface area (Å²) in [6.45, 7) is 12.1. The Morgan fingerprint density at radius 2 is 1.91 bits per heavy atom. The van der Waals surface area contributed by atoms with Crippen LogP contribution in [0.15, 0.2) is 18.2 Å². The van der Waals surface area contributed by atoms with Crippen molar-refractivity contribution in [3.05, 3.63) is 29.3 Å². The van der Waals surface area contributed by atoms with Gasteiger partial charge in [0, 0.05) is 39.3 Å². The van der Waals surface area contributed by atoms with E-state index in [1.165, 1.54) is 0 Å². The third-order valence-electron chi connectivity index (χ3n) is 5.39. The van der Waals surface area contributed by atoms with E-state index in [-0.39, 0.29) is 12.0 Å². The van der Waals surface area contributed by atoms with Crippen molar-refractivity contribution in [2.75, 3.05) is 52.5 Å². The molecule has 1 fully saturated rings. The second-order valence-electron chi connectivity index (χ2n) is 9.07. The molecule has 0 aliphatic carbocycles. The summed E-state index contributed by atoms with van der Waals surface area (Å²) < 4.78 is 10.9. The molecule has 0 radical (unpaired) electrons. The predicted octanol–water partition coefficient (Wildman–Crippen LogP) is 1.71. The van der Waals surface area contributed by atoms with Crippen molar-refractivity contribution in [1.82, 2.24) is 15.1 Å². The van der Waals surface area contributed by atoms with Crippen LogP contribution >= 0.6 is 0 Å². The van der Waals surface area contributed by atoms with Crippen LogP contribution in [-0.2, 0) is 16.6 Å². The number of piperazine rings is 1. The number of carbonyl (C=O) groups excluding carboxylic acids is 2. The maximum absolute atomic E-state index is 11.4. The van der Waals surface area contributed by atoms with Gasteiger partial charge in [-0.1, -0.05) is 32.9 Å². The van der Waals surface area contributed by atoms with Gasteiger partial charge in [-0.25, -0.2) is 9.59 Å². The number of hydrogen-bond acceptors (Lipinski definition) is 6. The molecular weight excluding hydrogens is 412 g/mol. The summed E-state index contributed by atoms with van der Waals surface area (Å²) in [5.74, 6) is 0.747. The van der Waals surface area contributed by atoms with E-state index >= 15 is 0 Å². The zero-order chi connectivity index (χ0) is 23.7. The molecule has 0 spiro atoms. The number of β-amino-alcohol motifs (C(OH)–C–C–N with tert-alkyl or cyclic N) is 1. The van der Waals surface area contributed by atoms with Gasteiger partial charge in [0.2, 0.25) is 0 Å². The molecule has 1 aromatic rings. The first-order valence-corrected chi connectivity index (χ1v) is 11.2. The zero-order valence-electron chi connectivity index (χ0n) is 19.7. The molecule has 9 nitrogen and oxygen atoms in total. The van der Waals surface area contributed by atoms with Gasteiger partial charge in [0.05, 0.1) is 6.61 Å². The monoisotopic (exact) mass is 450 g/mol. The molecule has 9 heteroatoms. The molecule has 32 heavy (non-hydrogen) atoms. The van der Waals surface area contributed by atoms with Gasteiger partial charge in [0.1, 0.15) is 18.5 Å². The van der Waals surface area contributed by atoms with Crippen molar-refractivity contribution in [3.8, 4) is 5.75 Å². The van der Waals surface area contributed by atoms with E-state index in [4.69, 9.17) is 15.2 Å². The first kappa shape index (κ1) is 25.7. The fraction of sp³-hybridized carbons (Fsp3) is 0.652. The van der Waals surface area contributed by atoms with Crippen LogP contribution in [0.4, 0.5) is 9.59 Å². The van der Waals surface area contributed by atoms with Gasteiger partial charge in [-0.2, -0.15) is 0 Å². The zero-order valence-corrected chi connectivity index (χ0v) is 19.7. The highest BCUT2D eigenvalue weighted by Crippen LogP contribution is 2.32. The molecular formula is C23H38N4O5. The van der Waals surface area contributed by atoms with E-state index in [0.29, 0.717) is 52.3 Å². The smallest absolute Gasteiger partial charge is 0.407 e. The number of nitrogens with two attached hydrogens (primary N) is 1. The number of amides is 3. The van der Waals surface area contributed by atoms with Crippen molar-refractivity contribution >= 4 is 12.1 Å². The number of hydrogen-bond donors (Lipinski definition) is 3. The average Bonchev–Trinajstić information content (AvgIpc) is 2.72. The molecule has 4 N–H and O–H groups in total. The number of aliphatic hydroxyl groups excluding tert-OH is 1. The van der Waals surface area contributed by atoms with E-state index in [0.717, 1.165) is 16.9 Å². The van der Waals surface area contributed by atoms with Crippen LogP contribution in [-0.4, -0.2) is 85.6 Å². The first-order chi connectivity index (χ1) is 15.1. The molecule has 3 amide bonds. The van der Waals surface area contributed by atoms with Gasteiger partial charge in [0.25, 0.3) is 0 Å². The summed E-state index contributed by atoms with van der Waals surface area (Å²) in [6.07, 6.45) is -0.368. The van der Waals surface area contributed by atoms with E-state index in [1.807, 2.05) is 12.1 Å². The summed E-state index contributed by atoms with van der Waals surface area (Å²) in [7, 11) is 0. The first-order valence-electron chi connectivity index (χ1n) is 11.2. The van der Waals surface area contributed by atoms with Crippen molar-refractivity contribution in [3.63, 3.8) is 0 Å². The van der Waals surface area contributed by atoms with Crippen molar-refractivity contribution in [2.24, 2.45) is 5.73 Å². The summed E-state index contributed by atoms with van der Waals surface area (Å²) in [6, 6.07) is 5.60. The largest absolute Gasteiger partial charge is 0.491 e. The Bertz CT molecular complexity index is 757. The molecule has 0 saturated carbocycles. The third-order valence-corrected chi connectivity index (χ3v) is 5.39. The summed E-state index contributed by atoms with van der Waals surface area (Å²) in [5.41, 5.74) is 7.31. The highest BCUT2D eigenvalue weighted by Gasteiger charge is 2.23. The molecule has 0 aromatic heterocycles. The fourth-order valence-electron chi connectivity index (χ4n) is 3.62. The topological polar surface area (TPSA) is 117 Å². The number of rotatable bonds is 9. The van der Waals surface area contributed by atoms with E-state index in [1.54, 1.807) is 11.8 Å². The summed E-state index contributed by atoms with van der Waals surface area (Å²) in [4.78, 5) is 26.4. The number of aliphatic hydroxyl groups is 1.